The fraction of sp³-hybridized carbons (Fsp3) is 0.167. The Morgan fingerprint density at radius 1 is 1.16 bits per heavy atom. The van der Waals surface area contributed by atoms with Gasteiger partial charge in [-0.3, -0.25) is 4.98 Å². The van der Waals surface area contributed by atoms with E-state index in [4.69, 9.17) is 4.84 Å². The van der Waals surface area contributed by atoms with E-state index in [2.05, 4.69) is 31.5 Å². The van der Waals surface area contributed by atoms with Crippen molar-refractivity contribution in [2.24, 2.45) is 5.16 Å². The molecule has 0 unspecified atom stereocenters. The molecule has 0 aliphatic carbocycles. The predicted octanol–water partition coefficient (Wildman–Crippen LogP) is 2.79. The van der Waals surface area contributed by atoms with Gasteiger partial charge in [0.05, 0.1) is 17.8 Å². The highest BCUT2D eigenvalue weighted by Crippen LogP contribution is 2.16. The largest absolute Gasteiger partial charge is 0.399 e. The van der Waals surface area contributed by atoms with Crippen LogP contribution < -0.4 is 0 Å². The molecule has 0 saturated heterocycles. The van der Waals surface area contributed by atoms with E-state index in [-0.39, 0.29) is 0 Å². The highest BCUT2D eigenvalue weighted by Gasteiger charge is 2.10. The normalized spacial score (nSPS) is 12.0. The topological polar surface area (TPSA) is 78.1 Å². The van der Waals surface area contributed by atoms with Crippen molar-refractivity contribution >= 4 is 27.8 Å². The minimum atomic E-state index is 0.582. The first-order valence-electron chi connectivity index (χ1n) is 7.86. The van der Waals surface area contributed by atoms with E-state index in [0.717, 1.165) is 33.3 Å². The Morgan fingerprint density at radius 3 is 2.92 bits per heavy atom. The number of rotatable bonds is 4. The third-order valence-electron chi connectivity index (χ3n) is 3.96. The second-order valence-electron chi connectivity index (χ2n) is 5.68. The number of benzene rings is 1. The van der Waals surface area contributed by atoms with Gasteiger partial charge in [0.1, 0.15) is 18.3 Å². The van der Waals surface area contributed by atoms with Crippen LogP contribution in [0.4, 0.5) is 0 Å². The molecule has 0 aliphatic heterocycles. The molecule has 0 atom stereocenters. The fourth-order valence-electron chi connectivity index (χ4n) is 2.74. The molecular weight excluding hydrogens is 316 g/mol. The molecule has 0 amide bonds. The Kier molecular flexibility index (Phi) is 3.81. The summed E-state index contributed by atoms with van der Waals surface area (Å²) < 4.78 is 1.79. The van der Waals surface area contributed by atoms with Crippen LogP contribution in [0.5, 0.6) is 0 Å². The van der Waals surface area contributed by atoms with Gasteiger partial charge in [0.2, 0.25) is 0 Å². The zero-order valence-electron chi connectivity index (χ0n) is 13.9. The first-order chi connectivity index (χ1) is 12.2. The van der Waals surface area contributed by atoms with Crippen LogP contribution in [0.25, 0.3) is 22.1 Å². The number of oxime groups is 1. The van der Waals surface area contributed by atoms with E-state index >= 15 is 0 Å². The quantitative estimate of drug-likeness (QED) is 0.424. The van der Waals surface area contributed by atoms with Gasteiger partial charge in [-0.1, -0.05) is 22.5 Å². The van der Waals surface area contributed by atoms with Gasteiger partial charge < -0.3 is 4.84 Å². The highest BCUT2D eigenvalue weighted by atomic mass is 16.6. The van der Waals surface area contributed by atoms with Crippen LogP contribution in [0.15, 0.2) is 53.8 Å². The van der Waals surface area contributed by atoms with Crippen molar-refractivity contribution < 1.29 is 4.84 Å². The van der Waals surface area contributed by atoms with Gasteiger partial charge in [0, 0.05) is 11.6 Å². The Balaban J connectivity index is 1.72. The first-order valence-corrected chi connectivity index (χ1v) is 7.86. The summed E-state index contributed by atoms with van der Waals surface area (Å²) in [6, 6.07) is 13.9. The molecule has 124 valence electrons. The smallest absolute Gasteiger partial charge is 0.179 e. The van der Waals surface area contributed by atoms with Crippen molar-refractivity contribution in [3.63, 3.8) is 0 Å². The van der Waals surface area contributed by atoms with E-state index < -0.39 is 0 Å². The first kappa shape index (κ1) is 15.2. The van der Waals surface area contributed by atoms with Crippen molar-refractivity contribution in [3.05, 3.63) is 59.9 Å². The molecule has 7 heteroatoms. The molecule has 0 aliphatic rings. The van der Waals surface area contributed by atoms with Crippen molar-refractivity contribution in [2.45, 2.75) is 13.5 Å². The molecule has 4 rings (SSSR count). The molecule has 3 aromatic heterocycles. The van der Waals surface area contributed by atoms with Gasteiger partial charge in [-0.2, -0.15) is 0 Å². The molecule has 0 saturated carbocycles. The number of fused-ring (bicyclic) bond motifs is 2. The summed E-state index contributed by atoms with van der Waals surface area (Å²) in [5.41, 5.74) is 4.99. The molecule has 25 heavy (non-hydrogen) atoms. The summed E-state index contributed by atoms with van der Waals surface area (Å²) in [6.45, 7) is 2.43. The third kappa shape index (κ3) is 2.91. The Bertz CT molecular complexity index is 1090. The predicted molar refractivity (Wildman–Crippen MR) is 95.4 cm³/mol. The minimum absolute atomic E-state index is 0.582. The van der Waals surface area contributed by atoms with Crippen LogP contribution in [-0.4, -0.2) is 37.8 Å². The van der Waals surface area contributed by atoms with Crippen LogP contribution in [0, 0.1) is 0 Å². The van der Waals surface area contributed by atoms with Crippen LogP contribution >= 0.6 is 0 Å². The Hall–Kier alpha value is -3.35. The fourth-order valence-corrected chi connectivity index (χ4v) is 2.74. The molecule has 0 fully saturated rings. The van der Waals surface area contributed by atoms with Crippen molar-refractivity contribution in [1.82, 2.24) is 25.0 Å². The lowest BCUT2D eigenvalue weighted by Gasteiger charge is -2.05. The number of hydrogen-bond donors (Lipinski definition) is 0. The molecule has 0 N–H and O–H groups in total. The van der Waals surface area contributed by atoms with E-state index in [1.54, 1.807) is 10.9 Å². The lowest BCUT2D eigenvalue weighted by Crippen LogP contribution is -2.05. The zero-order chi connectivity index (χ0) is 17.2. The molecule has 0 spiro atoms. The van der Waals surface area contributed by atoms with Crippen molar-refractivity contribution in [3.8, 4) is 0 Å². The molecular formula is C18H16N6O. The maximum Gasteiger partial charge on any atom is 0.179 e. The van der Waals surface area contributed by atoms with Crippen LogP contribution in [0.2, 0.25) is 0 Å². The van der Waals surface area contributed by atoms with Gasteiger partial charge in [-0.05, 0) is 42.8 Å². The SMILES string of the molecule is CO/N=C(/C)c1ccc2nnn(Cc3ccc4ncccc4c3)c2n1. The lowest BCUT2D eigenvalue weighted by molar-refractivity contribution is 0.213. The highest BCUT2D eigenvalue weighted by molar-refractivity contribution is 5.97. The van der Waals surface area contributed by atoms with Gasteiger partial charge in [-0.15, -0.1) is 5.10 Å². The zero-order valence-corrected chi connectivity index (χ0v) is 13.9. The molecule has 0 bridgehead atoms. The van der Waals surface area contributed by atoms with E-state index in [1.165, 1.54) is 7.11 Å². The standard InChI is InChI=1S/C18H16N6O/c1-12(22-25-2)15-7-8-17-18(20-15)24(23-21-17)11-13-5-6-16-14(10-13)4-3-9-19-16/h3-10H,11H2,1-2H3/b22-12-. The van der Waals surface area contributed by atoms with E-state index in [9.17, 15) is 0 Å². The maximum atomic E-state index is 4.82. The summed E-state index contributed by atoms with van der Waals surface area (Å²) in [4.78, 5) is 13.8. The van der Waals surface area contributed by atoms with E-state index in [0.29, 0.717) is 12.3 Å². The molecule has 3 heterocycles. The summed E-state index contributed by atoms with van der Waals surface area (Å²) in [7, 11) is 1.52. The lowest BCUT2D eigenvalue weighted by atomic mass is 10.1. The molecule has 0 radical (unpaired) electrons. The summed E-state index contributed by atoms with van der Waals surface area (Å²) >= 11 is 0. The van der Waals surface area contributed by atoms with Crippen molar-refractivity contribution in [2.75, 3.05) is 7.11 Å². The van der Waals surface area contributed by atoms with Gasteiger partial charge >= 0.3 is 0 Å². The summed E-state index contributed by atoms with van der Waals surface area (Å²) in [5, 5.41) is 13.5. The summed E-state index contributed by atoms with van der Waals surface area (Å²) in [6.07, 6.45) is 1.79. The summed E-state index contributed by atoms with van der Waals surface area (Å²) in [5.74, 6) is 0. The minimum Gasteiger partial charge on any atom is -0.399 e. The number of aromatic nitrogens is 5. The number of pyridine rings is 2. The third-order valence-corrected chi connectivity index (χ3v) is 3.96. The number of hydrogen-bond acceptors (Lipinski definition) is 6. The van der Waals surface area contributed by atoms with Gasteiger partial charge in [0.25, 0.3) is 0 Å². The molecule has 1 aromatic carbocycles. The maximum absolute atomic E-state index is 4.82. The Labute approximate surface area is 144 Å². The van der Waals surface area contributed by atoms with Crippen LogP contribution in [0.3, 0.4) is 0 Å². The van der Waals surface area contributed by atoms with Gasteiger partial charge in [-0.25, -0.2) is 9.67 Å². The average molecular weight is 332 g/mol. The van der Waals surface area contributed by atoms with Gasteiger partial charge in [0.15, 0.2) is 5.65 Å². The molecule has 7 nitrogen and oxygen atoms in total. The monoisotopic (exact) mass is 332 g/mol. The van der Waals surface area contributed by atoms with Crippen LogP contribution in [-0.2, 0) is 11.4 Å². The van der Waals surface area contributed by atoms with Crippen LogP contribution in [0.1, 0.15) is 18.2 Å². The van der Waals surface area contributed by atoms with Crippen molar-refractivity contribution in [1.29, 1.82) is 0 Å². The Morgan fingerprint density at radius 2 is 2.04 bits per heavy atom. The number of nitrogens with zero attached hydrogens (tertiary/aromatic N) is 6. The second kappa shape index (κ2) is 6.27. The second-order valence-corrected chi connectivity index (χ2v) is 5.68. The molecule has 4 aromatic rings. The van der Waals surface area contributed by atoms with E-state index in [1.807, 2.05) is 43.3 Å². The average Bonchev–Trinajstić information content (AvgIpc) is 3.04.